The molecule has 0 fully saturated rings. The van der Waals surface area contributed by atoms with E-state index >= 15 is 0 Å². The molecule has 0 aliphatic carbocycles. The molecule has 0 bridgehead atoms. The first-order valence-electron chi connectivity index (χ1n) is 13.3. The van der Waals surface area contributed by atoms with Crippen molar-refractivity contribution in [2.75, 3.05) is 24.5 Å². The Hall–Kier alpha value is -3.22. The molecule has 2 heterocycles. The lowest BCUT2D eigenvalue weighted by molar-refractivity contribution is -0.118. The Morgan fingerprint density at radius 2 is 1.76 bits per heavy atom. The van der Waals surface area contributed by atoms with E-state index < -0.39 is 5.60 Å². The molecule has 0 unspecified atom stereocenters. The van der Waals surface area contributed by atoms with Crippen LogP contribution in [0.25, 0.3) is 0 Å². The highest BCUT2D eigenvalue weighted by atomic mass is 19.1. The fourth-order valence-corrected chi connectivity index (χ4v) is 5.11. The van der Waals surface area contributed by atoms with Crippen LogP contribution in [0.1, 0.15) is 79.9 Å². The number of hydrogen-bond acceptors (Lipinski definition) is 4. The molecule has 0 saturated carbocycles. The molecule has 0 radical (unpaired) electrons. The van der Waals surface area contributed by atoms with Gasteiger partial charge in [0, 0.05) is 38.0 Å². The number of aryl methyl sites for hydroxylation is 1. The molecule has 7 heteroatoms. The minimum Gasteiger partial charge on any atom is -0.444 e. The molecule has 0 atom stereocenters. The first-order chi connectivity index (χ1) is 17.6. The second-order valence-electron chi connectivity index (χ2n) is 11.0. The van der Waals surface area contributed by atoms with Crippen LogP contribution in [0.2, 0.25) is 0 Å². The summed E-state index contributed by atoms with van der Waals surface area (Å²) >= 11 is 0. The number of anilines is 1. The zero-order chi connectivity index (χ0) is 26.6. The van der Waals surface area contributed by atoms with Crippen molar-refractivity contribution in [2.45, 2.75) is 77.7 Å². The van der Waals surface area contributed by atoms with Crippen molar-refractivity contribution in [3.63, 3.8) is 0 Å². The van der Waals surface area contributed by atoms with E-state index in [1.807, 2.05) is 43.9 Å². The van der Waals surface area contributed by atoms with Gasteiger partial charge in [-0.1, -0.05) is 18.6 Å². The first kappa shape index (κ1) is 26.8. The maximum atomic E-state index is 13.5. The molecule has 2 aromatic rings. The molecule has 198 valence electrons. The zero-order valence-electron chi connectivity index (χ0n) is 22.1. The van der Waals surface area contributed by atoms with Crippen molar-refractivity contribution in [3.8, 4) is 0 Å². The van der Waals surface area contributed by atoms with Gasteiger partial charge in [0.25, 0.3) is 0 Å². The molecule has 0 N–H and O–H groups in total. The second-order valence-corrected chi connectivity index (χ2v) is 11.0. The highest BCUT2D eigenvalue weighted by Crippen LogP contribution is 2.37. The maximum Gasteiger partial charge on any atom is 0.410 e. The van der Waals surface area contributed by atoms with E-state index in [1.165, 1.54) is 12.1 Å². The van der Waals surface area contributed by atoms with Gasteiger partial charge in [0.15, 0.2) is 5.78 Å². The molecule has 37 heavy (non-hydrogen) atoms. The summed E-state index contributed by atoms with van der Waals surface area (Å²) in [6.45, 7) is 7.18. The van der Waals surface area contributed by atoms with Gasteiger partial charge in [-0.25, -0.2) is 9.18 Å². The van der Waals surface area contributed by atoms with Gasteiger partial charge in [-0.3, -0.25) is 9.59 Å². The number of nitrogens with zero attached hydrogens (tertiary/aromatic N) is 2. The summed E-state index contributed by atoms with van der Waals surface area (Å²) in [6.07, 6.45) is 4.95. The molecule has 2 aliphatic heterocycles. The number of ketones is 1. The fourth-order valence-electron chi connectivity index (χ4n) is 5.11. The Kier molecular flexibility index (Phi) is 8.30. The van der Waals surface area contributed by atoms with Crippen LogP contribution < -0.4 is 4.90 Å². The average Bonchev–Trinajstić information content (AvgIpc) is 3.27. The minimum absolute atomic E-state index is 0.129. The van der Waals surface area contributed by atoms with Crippen LogP contribution in [0.3, 0.4) is 0 Å². The third-order valence-electron chi connectivity index (χ3n) is 6.92. The minimum atomic E-state index is -0.597. The van der Waals surface area contributed by atoms with Crippen molar-refractivity contribution in [1.29, 1.82) is 0 Å². The number of Topliss-reactive ketones (excluding diaryl/α,β-unsaturated/α-hetero) is 1. The monoisotopic (exact) mass is 508 g/mol. The van der Waals surface area contributed by atoms with Crippen LogP contribution in [-0.2, 0) is 28.8 Å². The topological polar surface area (TPSA) is 66.9 Å². The van der Waals surface area contributed by atoms with Crippen molar-refractivity contribution in [1.82, 2.24) is 4.90 Å². The Balaban J connectivity index is 1.28. The Labute approximate surface area is 218 Å². The van der Waals surface area contributed by atoms with Crippen LogP contribution >= 0.6 is 0 Å². The van der Waals surface area contributed by atoms with E-state index in [0.29, 0.717) is 45.3 Å². The Morgan fingerprint density at radius 3 is 2.49 bits per heavy atom. The molecule has 4 rings (SSSR count). The largest absolute Gasteiger partial charge is 0.444 e. The lowest BCUT2D eigenvalue weighted by atomic mass is 9.94. The quantitative estimate of drug-likeness (QED) is 0.297. The van der Waals surface area contributed by atoms with Gasteiger partial charge < -0.3 is 14.5 Å². The number of halogens is 1. The van der Waals surface area contributed by atoms with Crippen LogP contribution in [0.4, 0.5) is 14.9 Å². The number of carbonyl (C=O) groups is 3. The van der Waals surface area contributed by atoms with Gasteiger partial charge in [-0.15, -0.1) is 0 Å². The third-order valence-corrected chi connectivity index (χ3v) is 6.92. The van der Waals surface area contributed by atoms with E-state index in [1.54, 1.807) is 11.0 Å². The van der Waals surface area contributed by atoms with Gasteiger partial charge in [0.05, 0.1) is 5.69 Å². The highest BCUT2D eigenvalue weighted by Gasteiger charge is 2.32. The van der Waals surface area contributed by atoms with Crippen molar-refractivity contribution in [3.05, 3.63) is 64.5 Å². The van der Waals surface area contributed by atoms with Crippen LogP contribution in [0.5, 0.6) is 0 Å². The molecular weight excluding hydrogens is 471 g/mol. The van der Waals surface area contributed by atoms with E-state index in [9.17, 15) is 18.8 Å². The lowest BCUT2D eigenvalue weighted by Gasteiger charge is -2.27. The second kappa shape index (κ2) is 11.4. The average molecular weight is 509 g/mol. The summed E-state index contributed by atoms with van der Waals surface area (Å²) in [5.74, 6) is 0.0237. The summed E-state index contributed by atoms with van der Waals surface area (Å²) in [6, 6.07) is 10.4. The number of rotatable bonds is 10. The fraction of sp³-hybridized carbons (Fsp3) is 0.500. The third kappa shape index (κ3) is 6.96. The number of unbranched alkanes of at least 4 members (excludes halogenated alkanes) is 2. The molecule has 2 aromatic carbocycles. The summed E-state index contributed by atoms with van der Waals surface area (Å²) in [5, 5.41) is 0. The molecule has 0 aromatic heterocycles. The van der Waals surface area contributed by atoms with Gasteiger partial charge in [-0.05, 0) is 93.8 Å². The summed E-state index contributed by atoms with van der Waals surface area (Å²) in [7, 11) is 0. The predicted octanol–water partition coefficient (Wildman–Crippen LogP) is 5.88. The normalized spacial score (nSPS) is 14.5. The van der Waals surface area contributed by atoms with E-state index in [0.717, 1.165) is 53.6 Å². The van der Waals surface area contributed by atoms with E-state index in [-0.39, 0.29) is 23.6 Å². The van der Waals surface area contributed by atoms with Gasteiger partial charge in [0.2, 0.25) is 5.91 Å². The molecule has 2 aliphatic rings. The van der Waals surface area contributed by atoms with Crippen molar-refractivity contribution in [2.24, 2.45) is 0 Å². The molecule has 0 spiro atoms. The van der Waals surface area contributed by atoms with Crippen LogP contribution in [0.15, 0.2) is 36.4 Å². The van der Waals surface area contributed by atoms with E-state index in [2.05, 4.69) is 0 Å². The summed E-state index contributed by atoms with van der Waals surface area (Å²) in [5.41, 5.74) is 4.24. The zero-order valence-corrected chi connectivity index (χ0v) is 22.1. The SMILES string of the molecule is CC(C)(C)OC(=O)N(CCCCCC(=O)c1cc2c3c(c1)CCN3C(=O)CC2)CCc1cccc(F)c1. The highest BCUT2D eigenvalue weighted by molar-refractivity contribution is 6.02. The van der Waals surface area contributed by atoms with E-state index in [4.69, 9.17) is 4.74 Å². The number of ether oxygens (including phenoxy) is 1. The lowest BCUT2D eigenvalue weighted by Crippen LogP contribution is -2.38. The summed E-state index contributed by atoms with van der Waals surface area (Å²) < 4.78 is 19.1. The Morgan fingerprint density at radius 1 is 1.00 bits per heavy atom. The smallest absolute Gasteiger partial charge is 0.410 e. The van der Waals surface area contributed by atoms with Gasteiger partial charge >= 0.3 is 6.09 Å². The predicted molar refractivity (Wildman–Crippen MR) is 142 cm³/mol. The molecule has 6 nitrogen and oxygen atoms in total. The van der Waals surface area contributed by atoms with Gasteiger partial charge in [0.1, 0.15) is 11.4 Å². The number of benzene rings is 2. The first-order valence-corrected chi connectivity index (χ1v) is 13.3. The standard InChI is InChI=1S/C30H37FN2O4/c1-30(2,3)37-29(36)32(16-13-21-8-7-9-25(31)18-21)15-6-4-5-10-26(34)24-19-22-11-12-27(35)33-17-14-23(20-24)28(22)33/h7-9,18-20H,4-6,10-17H2,1-3H3. The Bertz CT molecular complexity index is 1170. The van der Waals surface area contributed by atoms with Gasteiger partial charge in [-0.2, -0.15) is 0 Å². The van der Waals surface area contributed by atoms with Crippen molar-refractivity contribution >= 4 is 23.5 Å². The number of hydrogen-bond donors (Lipinski definition) is 0. The number of carbonyl (C=O) groups excluding carboxylic acids is 3. The molecule has 2 amide bonds. The molecular formula is C30H37FN2O4. The number of amides is 2. The summed E-state index contributed by atoms with van der Waals surface area (Å²) in [4.78, 5) is 41.4. The maximum absolute atomic E-state index is 13.5. The molecule has 0 saturated heterocycles. The van der Waals surface area contributed by atoms with Crippen LogP contribution in [-0.4, -0.2) is 47.9 Å². The van der Waals surface area contributed by atoms with Crippen molar-refractivity contribution < 1.29 is 23.5 Å². The van der Waals surface area contributed by atoms with Crippen LogP contribution in [0, 0.1) is 5.82 Å².